The number of rotatable bonds is 4. The lowest BCUT2D eigenvalue weighted by molar-refractivity contribution is 0.393. The van der Waals surface area contributed by atoms with E-state index in [0.29, 0.717) is 5.95 Å². The molecule has 0 fully saturated rings. The number of methoxy groups -OCH3 is 2. The number of nitrogens with zero attached hydrogens (tertiary/aromatic N) is 4. The van der Waals surface area contributed by atoms with Gasteiger partial charge in [0, 0.05) is 14.8 Å². The molecule has 1 atom stereocenters. The number of aromatic nitrogens is 4. The molecule has 1 aliphatic heterocycles. The minimum Gasteiger partial charge on any atom is -0.497 e. The molecule has 3 aromatic rings. The Morgan fingerprint density at radius 1 is 1.08 bits per heavy atom. The van der Waals surface area contributed by atoms with Crippen LogP contribution >= 0.6 is 22.6 Å². The van der Waals surface area contributed by atoms with E-state index in [1.807, 2.05) is 18.2 Å². The first-order valence-electron chi connectivity index (χ1n) is 7.94. The normalized spacial score (nSPS) is 15.7. The van der Waals surface area contributed by atoms with E-state index < -0.39 is 0 Å². The highest BCUT2D eigenvalue weighted by Gasteiger charge is 2.27. The Hall–Kier alpha value is -2.62. The molecule has 26 heavy (non-hydrogen) atoms. The first-order valence-corrected chi connectivity index (χ1v) is 9.02. The van der Waals surface area contributed by atoms with Gasteiger partial charge in [0.15, 0.2) is 0 Å². The van der Waals surface area contributed by atoms with Crippen LogP contribution in [0.4, 0.5) is 5.95 Å². The van der Waals surface area contributed by atoms with Gasteiger partial charge in [-0.25, -0.2) is 0 Å². The average Bonchev–Trinajstić information content (AvgIpc) is 3.16. The molecule has 7 nitrogen and oxygen atoms in total. The van der Waals surface area contributed by atoms with Crippen molar-refractivity contribution in [3.63, 3.8) is 0 Å². The largest absolute Gasteiger partial charge is 0.497 e. The number of benzene rings is 2. The average molecular weight is 461 g/mol. The Morgan fingerprint density at radius 2 is 1.88 bits per heavy atom. The van der Waals surface area contributed by atoms with Gasteiger partial charge < -0.3 is 14.8 Å². The monoisotopic (exact) mass is 461 g/mol. The van der Waals surface area contributed by atoms with Crippen molar-refractivity contribution < 1.29 is 9.47 Å². The van der Waals surface area contributed by atoms with Gasteiger partial charge in [-0.3, -0.25) is 0 Å². The summed E-state index contributed by atoms with van der Waals surface area (Å²) in [6.07, 6.45) is 2.09. The van der Waals surface area contributed by atoms with Crippen LogP contribution in [0.25, 0.3) is 5.70 Å². The number of halogens is 1. The predicted molar refractivity (Wildman–Crippen MR) is 106 cm³/mol. The second-order valence-corrected chi connectivity index (χ2v) is 6.96. The molecule has 132 valence electrons. The van der Waals surface area contributed by atoms with E-state index in [2.05, 4.69) is 73.8 Å². The van der Waals surface area contributed by atoms with Crippen molar-refractivity contribution in [2.24, 2.45) is 0 Å². The summed E-state index contributed by atoms with van der Waals surface area (Å²) in [5.41, 5.74) is 2.93. The van der Waals surface area contributed by atoms with Gasteiger partial charge in [0.1, 0.15) is 17.5 Å². The summed E-state index contributed by atoms with van der Waals surface area (Å²) in [5.74, 6) is 2.08. The van der Waals surface area contributed by atoms with E-state index >= 15 is 0 Å². The second-order valence-electron chi connectivity index (χ2n) is 5.71. The number of hydrogen-bond donors (Lipinski definition) is 1. The van der Waals surface area contributed by atoms with Crippen LogP contribution in [0.2, 0.25) is 0 Å². The molecule has 0 bridgehead atoms. The smallest absolute Gasteiger partial charge is 0.248 e. The lowest BCUT2D eigenvalue weighted by atomic mass is 10.0. The molecule has 0 saturated heterocycles. The molecule has 1 N–H and O–H groups in total. The quantitative estimate of drug-likeness (QED) is 0.601. The highest BCUT2D eigenvalue weighted by Crippen LogP contribution is 2.37. The van der Waals surface area contributed by atoms with Crippen molar-refractivity contribution in [1.82, 2.24) is 20.2 Å². The van der Waals surface area contributed by atoms with Gasteiger partial charge >= 0.3 is 0 Å². The third-order valence-corrected chi connectivity index (χ3v) is 4.96. The SMILES string of the molecule is COc1ccc(OC)c([C@H]2C=C(c3ccc(I)cc3)Nc3nnnn32)c1. The number of tetrazole rings is 1. The molecule has 0 aliphatic carbocycles. The second kappa shape index (κ2) is 6.94. The summed E-state index contributed by atoms with van der Waals surface area (Å²) in [4.78, 5) is 0. The van der Waals surface area contributed by atoms with Crippen molar-refractivity contribution in [3.8, 4) is 11.5 Å². The molecule has 2 heterocycles. The lowest BCUT2D eigenvalue weighted by Gasteiger charge is -2.25. The number of fused-ring (bicyclic) bond motifs is 1. The van der Waals surface area contributed by atoms with Crippen LogP contribution in [0, 0.1) is 3.57 Å². The van der Waals surface area contributed by atoms with E-state index in [1.54, 1.807) is 18.9 Å². The zero-order chi connectivity index (χ0) is 18.1. The zero-order valence-corrected chi connectivity index (χ0v) is 16.3. The van der Waals surface area contributed by atoms with Gasteiger partial charge in [-0.2, -0.15) is 4.68 Å². The molecule has 0 spiro atoms. The van der Waals surface area contributed by atoms with Crippen molar-refractivity contribution in [2.75, 3.05) is 19.5 Å². The number of hydrogen-bond acceptors (Lipinski definition) is 6. The van der Waals surface area contributed by atoms with E-state index in [4.69, 9.17) is 9.47 Å². The van der Waals surface area contributed by atoms with Gasteiger partial charge in [-0.1, -0.05) is 17.2 Å². The summed E-state index contributed by atoms with van der Waals surface area (Å²) in [6.45, 7) is 0. The zero-order valence-electron chi connectivity index (χ0n) is 14.2. The van der Waals surface area contributed by atoms with Gasteiger partial charge in [-0.05, 0) is 75.0 Å². The maximum atomic E-state index is 5.56. The van der Waals surface area contributed by atoms with Crippen LogP contribution in [0.15, 0.2) is 48.5 Å². The van der Waals surface area contributed by atoms with E-state index in [-0.39, 0.29) is 6.04 Å². The Bertz CT molecular complexity index is 968. The number of ether oxygens (including phenoxy) is 2. The van der Waals surface area contributed by atoms with Crippen molar-refractivity contribution in [3.05, 3.63) is 63.2 Å². The van der Waals surface area contributed by atoms with E-state index in [9.17, 15) is 0 Å². The third kappa shape index (κ3) is 3.00. The minimum absolute atomic E-state index is 0.222. The van der Waals surface area contributed by atoms with E-state index in [0.717, 1.165) is 28.3 Å². The van der Waals surface area contributed by atoms with Crippen LogP contribution in [-0.2, 0) is 0 Å². The van der Waals surface area contributed by atoms with Crippen LogP contribution in [0.3, 0.4) is 0 Å². The molecule has 4 rings (SSSR count). The van der Waals surface area contributed by atoms with Crippen LogP contribution in [0.1, 0.15) is 17.2 Å². The molecule has 1 aliphatic rings. The Labute approximate surface area is 164 Å². The molecular formula is C18H16IN5O2. The van der Waals surface area contributed by atoms with Crippen LogP contribution in [0.5, 0.6) is 11.5 Å². The fourth-order valence-electron chi connectivity index (χ4n) is 2.94. The predicted octanol–water partition coefficient (Wildman–Crippen LogP) is 3.35. The number of anilines is 1. The number of nitrogens with one attached hydrogen (secondary N) is 1. The molecule has 0 amide bonds. The summed E-state index contributed by atoms with van der Waals surface area (Å²) < 4.78 is 13.9. The van der Waals surface area contributed by atoms with Gasteiger partial charge in [0.05, 0.1) is 14.2 Å². The third-order valence-electron chi connectivity index (χ3n) is 4.24. The fraction of sp³-hybridized carbons (Fsp3) is 0.167. The van der Waals surface area contributed by atoms with Crippen LogP contribution < -0.4 is 14.8 Å². The highest BCUT2D eigenvalue weighted by atomic mass is 127. The Kier molecular flexibility index (Phi) is 4.49. The van der Waals surface area contributed by atoms with Crippen molar-refractivity contribution in [2.45, 2.75) is 6.04 Å². The topological polar surface area (TPSA) is 74.1 Å². The van der Waals surface area contributed by atoms with Crippen molar-refractivity contribution in [1.29, 1.82) is 0 Å². The highest BCUT2D eigenvalue weighted by molar-refractivity contribution is 14.1. The van der Waals surface area contributed by atoms with Crippen LogP contribution in [-0.4, -0.2) is 34.4 Å². The summed E-state index contributed by atoms with van der Waals surface area (Å²) in [5, 5.41) is 15.3. The molecule has 1 aromatic heterocycles. The lowest BCUT2D eigenvalue weighted by Crippen LogP contribution is -2.20. The first-order chi connectivity index (χ1) is 12.7. The van der Waals surface area contributed by atoms with E-state index in [1.165, 1.54) is 3.57 Å². The maximum Gasteiger partial charge on any atom is 0.248 e. The molecular weight excluding hydrogens is 445 g/mol. The van der Waals surface area contributed by atoms with Crippen molar-refractivity contribution >= 4 is 34.2 Å². The Morgan fingerprint density at radius 3 is 2.62 bits per heavy atom. The molecule has 0 radical (unpaired) electrons. The first kappa shape index (κ1) is 16.8. The molecule has 0 unspecified atom stereocenters. The van der Waals surface area contributed by atoms with Gasteiger partial charge in [0.25, 0.3) is 0 Å². The van der Waals surface area contributed by atoms with Gasteiger partial charge in [-0.15, -0.1) is 0 Å². The minimum atomic E-state index is -0.222. The molecule has 0 saturated carbocycles. The van der Waals surface area contributed by atoms with Gasteiger partial charge in [0.2, 0.25) is 5.95 Å². The standard InChI is InChI=1S/C18H16IN5O2/c1-25-13-7-8-17(26-2)14(9-13)16-10-15(11-3-5-12(19)6-4-11)20-18-21-22-23-24(16)18/h3-10,16H,1-2H3,(H,20,21,23)/t16-/m1/s1. The maximum absolute atomic E-state index is 5.56. The number of allylic oxidation sites excluding steroid dienone is 1. The summed E-state index contributed by atoms with van der Waals surface area (Å²) >= 11 is 2.29. The summed E-state index contributed by atoms with van der Waals surface area (Å²) in [7, 11) is 3.29. The molecule has 8 heteroatoms. The fourth-order valence-corrected chi connectivity index (χ4v) is 3.30. The summed E-state index contributed by atoms with van der Waals surface area (Å²) in [6, 6.07) is 13.8. The Balaban J connectivity index is 1.85. The molecule has 2 aromatic carbocycles.